The van der Waals surface area contributed by atoms with Crippen molar-refractivity contribution in [3.63, 3.8) is 0 Å². The van der Waals surface area contributed by atoms with Crippen molar-refractivity contribution >= 4 is 17.8 Å². The second-order valence-electron chi connectivity index (χ2n) is 6.90. The average Bonchev–Trinajstić information content (AvgIpc) is 3.17. The molecule has 1 heterocycles. The van der Waals surface area contributed by atoms with Gasteiger partial charge >= 0.3 is 5.97 Å². The van der Waals surface area contributed by atoms with Crippen LogP contribution >= 0.6 is 0 Å². The highest BCUT2D eigenvalue weighted by molar-refractivity contribution is 6.05. The minimum Gasteiger partial charge on any atom is -0.468 e. The maximum atomic E-state index is 12.2. The first-order chi connectivity index (χ1) is 9.69. The molecule has 2 amide bonds. The maximum absolute atomic E-state index is 12.2. The van der Waals surface area contributed by atoms with E-state index < -0.39 is 11.0 Å². The van der Waals surface area contributed by atoms with Gasteiger partial charge in [-0.05, 0) is 26.2 Å². The number of carbonyl (C=O) groups is 3. The molecule has 0 aromatic rings. The lowest BCUT2D eigenvalue weighted by Crippen LogP contribution is -2.53. The zero-order valence-electron chi connectivity index (χ0n) is 13.2. The minimum absolute atomic E-state index is 0.161. The van der Waals surface area contributed by atoms with Crippen LogP contribution in [-0.4, -0.2) is 47.9 Å². The molecule has 118 valence electrons. The highest BCUT2D eigenvalue weighted by atomic mass is 16.5. The van der Waals surface area contributed by atoms with Crippen molar-refractivity contribution in [1.29, 1.82) is 0 Å². The minimum atomic E-state index is -0.858. The molecule has 2 fully saturated rings. The van der Waals surface area contributed by atoms with Crippen LogP contribution in [0.1, 0.15) is 46.5 Å². The van der Waals surface area contributed by atoms with Gasteiger partial charge in [-0.3, -0.25) is 24.6 Å². The Kier molecular flexibility index (Phi) is 4.10. The fourth-order valence-corrected chi connectivity index (χ4v) is 2.73. The molecule has 1 unspecified atom stereocenters. The Hall–Kier alpha value is -1.43. The highest BCUT2D eigenvalue weighted by Gasteiger charge is 2.46. The standard InChI is InChI=1S/C15H24N2O4/c1-14(2)9-11(18)17(12(14)19)8-7-15(3,13(20)21-4)16-10-5-6-10/h10,16H,5-9H2,1-4H3. The summed E-state index contributed by atoms with van der Waals surface area (Å²) in [5, 5.41) is 3.27. The Balaban J connectivity index is 2.03. The zero-order valence-corrected chi connectivity index (χ0v) is 13.2. The van der Waals surface area contributed by atoms with E-state index >= 15 is 0 Å². The van der Waals surface area contributed by atoms with Gasteiger partial charge in [0.1, 0.15) is 5.54 Å². The Bertz CT molecular complexity index is 470. The van der Waals surface area contributed by atoms with Crippen LogP contribution in [0.2, 0.25) is 0 Å². The summed E-state index contributed by atoms with van der Waals surface area (Å²) in [6, 6.07) is 0.329. The fourth-order valence-electron chi connectivity index (χ4n) is 2.73. The largest absolute Gasteiger partial charge is 0.468 e. The van der Waals surface area contributed by atoms with E-state index in [-0.39, 0.29) is 30.7 Å². The van der Waals surface area contributed by atoms with Gasteiger partial charge < -0.3 is 4.74 Å². The summed E-state index contributed by atoms with van der Waals surface area (Å²) < 4.78 is 4.86. The van der Waals surface area contributed by atoms with Crippen molar-refractivity contribution in [2.45, 2.75) is 58.0 Å². The average molecular weight is 296 g/mol. The van der Waals surface area contributed by atoms with E-state index in [2.05, 4.69) is 5.32 Å². The Morgan fingerprint density at radius 2 is 2.05 bits per heavy atom. The topological polar surface area (TPSA) is 75.7 Å². The third kappa shape index (κ3) is 3.26. The van der Waals surface area contributed by atoms with Crippen molar-refractivity contribution < 1.29 is 19.1 Å². The molecule has 1 atom stereocenters. The van der Waals surface area contributed by atoms with Gasteiger partial charge in [0, 0.05) is 19.0 Å². The molecule has 0 spiro atoms. The molecular weight excluding hydrogens is 272 g/mol. The molecule has 2 aliphatic rings. The van der Waals surface area contributed by atoms with Crippen LogP contribution in [-0.2, 0) is 19.1 Å². The Labute approximate surface area is 125 Å². The first-order valence-electron chi connectivity index (χ1n) is 7.40. The van der Waals surface area contributed by atoms with Crippen LogP contribution in [0, 0.1) is 5.41 Å². The van der Waals surface area contributed by atoms with E-state index in [1.54, 1.807) is 20.8 Å². The number of rotatable bonds is 6. The SMILES string of the molecule is COC(=O)C(C)(CCN1C(=O)CC(C)(C)C1=O)NC1CC1. The van der Waals surface area contributed by atoms with Gasteiger partial charge in [-0.15, -0.1) is 0 Å². The third-order valence-corrected chi connectivity index (χ3v) is 4.29. The van der Waals surface area contributed by atoms with Crippen molar-refractivity contribution in [2.24, 2.45) is 5.41 Å². The van der Waals surface area contributed by atoms with E-state index in [0.29, 0.717) is 12.5 Å². The molecule has 1 saturated carbocycles. The molecule has 0 aromatic heterocycles. The van der Waals surface area contributed by atoms with Crippen molar-refractivity contribution in [2.75, 3.05) is 13.7 Å². The molecule has 21 heavy (non-hydrogen) atoms. The number of esters is 1. The molecule has 6 heteroatoms. The number of amides is 2. The molecular formula is C15H24N2O4. The number of hydrogen-bond acceptors (Lipinski definition) is 5. The van der Waals surface area contributed by atoms with E-state index in [1.165, 1.54) is 12.0 Å². The summed E-state index contributed by atoms with van der Waals surface area (Å²) in [7, 11) is 1.35. The van der Waals surface area contributed by atoms with E-state index in [1.807, 2.05) is 0 Å². The van der Waals surface area contributed by atoms with Crippen molar-refractivity contribution in [3.05, 3.63) is 0 Å². The van der Waals surface area contributed by atoms with Gasteiger partial charge in [0.15, 0.2) is 0 Å². The van der Waals surface area contributed by atoms with Crippen molar-refractivity contribution in [1.82, 2.24) is 10.2 Å². The third-order valence-electron chi connectivity index (χ3n) is 4.29. The number of methoxy groups -OCH3 is 1. The van der Waals surface area contributed by atoms with Gasteiger partial charge in [0.05, 0.1) is 12.5 Å². The summed E-state index contributed by atoms with van der Waals surface area (Å²) in [5.41, 5.74) is -1.49. The maximum Gasteiger partial charge on any atom is 0.325 e. The van der Waals surface area contributed by atoms with Crippen LogP contribution in [0.3, 0.4) is 0 Å². The quantitative estimate of drug-likeness (QED) is 0.581. The van der Waals surface area contributed by atoms with Crippen LogP contribution < -0.4 is 5.32 Å². The van der Waals surface area contributed by atoms with Crippen LogP contribution in [0.15, 0.2) is 0 Å². The molecule has 0 aromatic carbocycles. The number of hydrogen-bond donors (Lipinski definition) is 1. The second kappa shape index (κ2) is 5.40. The van der Waals surface area contributed by atoms with Crippen LogP contribution in [0.4, 0.5) is 0 Å². The molecule has 0 radical (unpaired) electrons. The Morgan fingerprint density at radius 1 is 1.43 bits per heavy atom. The lowest BCUT2D eigenvalue weighted by molar-refractivity contribution is -0.150. The predicted molar refractivity (Wildman–Crippen MR) is 76.3 cm³/mol. The zero-order chi connectivity index (χ0) is 15.8. The molecule has 0 bridgehead atoms. The normalized spacial score (nSPS) is 24.1. The number of carbonyl (C=O) groups excluding carboxylic acids is 3. The van der Waals surface area contributed by atoms with Crippen LogP contribution in [0.5, 0.6) is 0 Å². The monoisotopic (exact) mass is 296 g/mol. The molecule has 6 nitrogen and oxygen atoms in total. The van der Waals surface area contributed by atoms with E-state index in [0.717, 1.165) is 12.8 Å². The number of imide groups is 1. The molecule has 1 aliphatic heterocycles. The number of nitrogens with one attached hydrogen (secondary N) is 1. The number of nitrogens with zero attached hydrogens (tertiary/aromatic N) is 1. The lowest BCUT2D eigenvalue weighted by atomic mass is 9.92. The van der Waals surface area contributed by atoms with Gasteiger partial charge in [0.2, 0.25) is 11.8 Å². The summed E-state index contributed by atoms with van der Waals surface area (Å²) in [6.07, 6.45) is 2.68. The number of ether oxygens (including phenoxy) is 1. The molecule has 1 N–H and O–H groups in total. The lowest BCUT2D eigenvalue weighted by Gasteiger charge is -2.30. The highest BCUT2D eigenvalue weighted by Crippen LogP contribution is 2.32. The summed E-state index contributed by atoms with van der Waals surface area (Å²) in [5.74, 6) is -0.678. The molecule has 1 aliphatic carbocycles. The Morgan fingerprint density at radius 3 is 2.48 bits per heavy atom. The summed E-state index contributed by atoms with van der Waals surface area (Å²) in [4.78, 5) is 37.4. The van der Waals surface area contributed by atoms with Crippen molar-refractivity contribution in [3.8, 4) is 0 Å². The van der Waals surface area contributed by atoms with Gasteiger partial charge in [0.25, 0.3) is 0 Å². The van der Waals surface area contributed by atoms with Gasteiger partial charge in [-0.2, -0.15) is 0 Å². The number of likely N-dealkylation sites (tertiary alicyclic amines) is 1. The molecule has 1 saturated heterocycles. The predicted octanol–water partition coefficient (Wildman–Crippen LogP) is 0.845. The summed E-state index contributed by atoms with van der Waals surface area (Å²) >= 11 is 0. The summed E-state index contributed by atoms with van der Waals surface area (Å²) in [6.45, 7) is 5.56. The van der Waals surface area contributed by atoms with Crippen LogP contribution in [0.25, 0.3) is 0 Å². The second-order valence-corrected chi connectivity index (χ2v) is 6.90. The first kappa shape index (κ1) is 15.9. The van der Waals surface area contributed by atoms with E-state index in [4.69, 9.17) is 4.74 Å². The van der Waals surface area contributed by atoms with Gasteiger partial charge in [-0.1, -0.05) is 13.8 Å². The smallest absolute Gasteiger partial charge is 0.325 e. The fraction of sp³-hybridized carbons (Fsp3) is 0.800. The van der Waals surface area contributed by atoms with E-state index in [9.17, 15) is 14.4 Å². The van der Waals surface area contributed by atoms with Gasteiger partial charge in [-0.25, -0.2) is 0 Å². The molecule has 2 rings (SSSR count). The first-order valence-corrected chi connectivity index (χ1v) is 7.40.